The number of thiophene rings is 2. The van der Waals surface area contributed by atoms with Crippen molar-refractivity contribution in [3.8, 4) is 33.6 Å². The van der Waals surface area contributed by atoms with E-state index in [1.54, 1.807) is 0 Å². The third kappa shape index (κ3) is 3.63. The van der Waals surface area contributed by atoms with Gasteiger partial charge in [-0.15, -0.1) is 22.7 Å². The molecule has 0 spiro atoms. The molecule has 4 heterocycles. The Morgan fingerprint density at radius 1 is 0.452 bits per heavy atom. The van der Waals surface area contributed by atoms with Gasteiger partial charge in [-0.05, 0) is 81.2 Å². The Morgan fingerprint density at radius 3 is 2.07 bits per heavy atom. The average molecular weight is 571 g/mol. The number of hydrogen-bond acceptors (Lipinski definition) is 4. The van der Waals surface area contributed by atoms with E-state index in [9.17, 15) is 0 Å². The lowest BCUT2D eigenvalue weighted by atomic mass is 9.93. The molecule has 5 aromatic carbocycles. The summed E-state index contributed by atoms with van der Waals surface area (Å²) in [6.07, 6.45) is 3.63. The van der Waals surface area contributed by atoms with Gasteiger partial charge in [-0.25, -0.2) is 4.98 Å². The van der Waals surface area contributed by atoms with Crippen LogP contribution in [-0.4, -0.2) is 9.97 Å². The van der Waals surface area contributed by atoms with Crippen LogP contribution >= 0.6 is 22.7 Å². The van der Waals surface area contributed by atoms with Gasteiger partial charge in [-0.2, -0.15) is 0 Å². The molecule has 0 saturated carbocycles. The van der Waals surface area contributed by atoms with Gasteiger partial charge in [-0.3, -0.25) is 4.98 Å². The molecule has 4 aromatic heterocycles. The van der Waals surface area contributed by atoms with Crippen LogP contribution in [0.1, 0.15) is 0 Å². The second-order valence-corrected chi connectivity index (χ2v) is 12.6. The molecule has 0 saturated heterocycles. The lowest BCUT2D eigenvalue weighted by molar-refractivity contribution is 1.29. The fourth-order valence-electron chi connectivity index (χ4n) is 6.28. The zero-order valence-corrected chi connectivity index (χ0v) is 24.0. The van der Waals surface area contributed by atoms with Gasteiger partial charge in [0.1, 0.15) is 0 Å². The summed E-state index contributed by atoms with van der Waals surface area (Å²) in [6, 6.07) is 41.8. The number of nitrogens with zero attached hydrogens (tertiary/aromatic N) is 2. The third-order valence-electron chi connectivity index (χ3n) is 8.27. The Kier molecular flexibility index (Phi) is 5.27. The molecule has 196 valence electrons. The van der Waals surface area contributed by atoms with Crippen LogP contribution in [0.15, 0.2) is 133 Å². The lowest BCUT2D eigenvalue weighted by Gasteiger charge is -2.12. The molecule has 9 aromatic rings. The molecule has 0 aliphatic heterocycles. The number of pyridine rings is 2. The highest BCUT2D eigenvalue weighted by Gasteiger charge is 2.15. The van der Waals surface area contributed by atoms with Crippen LogP contribution in [0.4, 0.5) is 0 Å². The maximum Gasteiger partial charge on any atom is 0.0710 e. The Morgan fingerprint density at radius 2 is 1.14 bits per heavy atom. The summed E-state index contributed by atoms with van der Waals surface area (Å²) in [5, 5.41) is 11.3. The van der Waals surface area contributed by atoms with Crippen LogP contribution in [0.25, 0.3) is 85.4 Å². The molecule has 0 bridgehead atoms. The Labute approximate surface area is 250 Å². The molecule has 0 aliphatic carbocycles. The number of rotatable bonds is 3. The summed E-state index contributed by atoms with van der Waals surface area (Å²) in [7, 11) is 0. The first-order valence-corrected chi connectivity index (χ1v) is 15.7. The summed E-state index contributed by atoms with van der Waals surface area (Å²) in [6.45, 7) is 0. The largest absolute Gasteiger partial charge is 0.265 e. The minimum absolute atomic E-state index is 0.951. The van der Waals surface area contributed by atoms with Crippen molar-refractivity contribution < 1.29 is 0 Å². The zero-order valence-electron chi connectivity index (χ0n) is 22.4. The maximum absolute atomic E-state index is 5.05. The summed E-state index contributed by atoms with van der Waals surface area (Å²) in [5.74, 6) is 0. The maximum atomic E-state index is 5.05. The quantitative estimate of drug-likeness (QED) is 0.197. The smallest absolute Gasteiger partial charge is 0.0710 e. The average Bonchev–Trinajstić information content (AvgIpc) is 3.71. The topological polar surface area (TPSA) is 25.8 Å². The lowest BCUT2D eigenvalue weighted by Crippen LogP contribution is -1.89. The van der Waals surface area contributed by atoms with E-state index in [4.69, 9.17) is 4.98 Å². The van der Waals surface area contributed by atoms with Gasteiger partial charge < -0.3 is 0 Å². The Balaban J connectivity index is 1.29. The number of hydrogen-bond donors (Lipinski definition) is 0. The van der Waals surface area contributed by atoms with Gasteiger partial charge in [0.15, 0.2) is 0 Å². The molecular weight excluding hydrogens is 549 g/mol. The van der Waals surface area contributed by atoms with E-state index < -0.39 is 0 Å². The molecule has 0 radical (unpaired) electrons. The molecular formula is C38H22N2S2. The van der Waals surface area contributed by atoms with E-state index >= 15 is 0 Å². The zero-order chi connectivity index (χ0) is 27.6. The Hall–Kier alpha value is -4.90. The van der Waals surface area contributed by atoms with E-state index in [0.29, 0.717) is 0 Å². The Bertz CT molecular complexity index is 2470. The highest BCUT2D eigenvalue weighted by molar-refractivity contribution is 7.26. The SMILES string of the molecule is c1cc(-c2ccncc2)nc(-c2ccc3c(c2)c2cc(-c4cccc5c4sc4ccccc45)ccc2c2sccc32)c1. The van der Waals surface area contributed by atoms with Crippen LogP contribution in [0.3, 0.4) is 0 Å². The van der Waals surface area contributed by atoms with Gasteiger partial charge in [0.05, 0.1) is 11.4 Å². The summed E-state index contributed by atoms with van der Waals surface area (Å²) in [5.41, 5.74) is 6.64. The van der Waals surface area contributed by atoms with Crippen LogP contribution in [0, 0.1) is 0 Å². The molecule has 0 fully saturated rings. The first-order valence-electron chi connectivity index (χ1n) is 14.0. The van der Waals surface area contributed by atoms with Crippen LogP contribution in [0.5, 0.6) is 0 Å². The van der Waals surface area contributed by atoms with Crippen molar-refractivity contribution in [2.24, 2.45) is 0 Å². The molecule has 0 aliphatic rings. The fraction of sp³-hybridized carbons (Fsp3) is 0. The van der Waals surface area contributed by atoms with Crippen molar-refractivity contribution in [1.82, 2.24) is 9.97 Å². The molecule has 0 atom stereocenters. The first kappa shape index (κ1) is 23.8. The van der Waals surface area contributed by atoms with Crippen molar-refractivity contribution in [1.29, 1.82) is 0 Å². The predicted octanol–water partition coefficient (Wildman–Crippen LogP) is 11.4. The minimum atomic E-state index is 0.951. The van der Waals surface area contributed by atoms with Crippen molar-refractivity contribution in [3.05, 3.63) is 133 Å². The van der Waals surface area contributed by atoms with Crippen LogP contribution in [0.2, 0.25) is 0 Å². The highest BCUT2D eigenvalue weighted by Crippen LogP contribution is 2.44. The number of benzene rings is 5. The van der Waals surface area contributed by atoms with Gasteiger partial charge in [0.2, 0.25) is 0 Å². The molecule has 9 rings (SSSR count). The first-order chi connectivity index (χ1) is 20.8. The van der Waals surface area contributed by atoms with E-state index in [-0.39, 0.29) is 0 Å². The molecule has 42 heavy (non-hydrogen) atoms. The minimum Gasteiger partial charge on any atom is -0.265 e. The van der Waals surface area contributed by atoms with E-state index in [0.717, 1.165) is 22.5 Å². The molecule has 2 nitrogen and oxygen atoms in total. The standard InChI is InChI=1S/C38H22N2S2/c1-2-10-36-28(5-1)29-7-3-6-26(38(29)42-36)24-11-14-30-33(21-24)32-22-25(12-13-27(32)31-17-20-41-37(30)31)35-9-4-8-34(40-35)23-15-18-39-19-16-23/h1-22H. The summed E-state index contributed by atoms with van der Waals surface area (Å²) in [4.78, 5) is 9.21. The second-order valence-electron chi connectivity index (χ2n) is 10.6. The fourth-order valence-corrected chi connectivity index (χ4v) is 8.47. The summed E-state index contributed by atoms with van der Waals surface area (Å²) < 4.78 is 4.02. The van der Waals surface area contributed by atoms with E-state index in [1.165, 1.54) is 62.9 Å². The van der Waals surface area contributed by atoms with E-state index in [1.807, 2.05) is 47.2 Å². The molecule has 0 unspecified atom stereocenters. The van der Waals surface area contributed by atoms with Crippen LogP contribution < -0.4 is 0 Å². The normalized spacial score (nSPS) is 11.8. The van der Waals surface area contributed by atoms with Gasteiger partial charge in [-0.1, -0.05) is 66.7 Å². The van der Waals surface area contributed by atoms with E-state index in [2.05, 4.69) is 113 Å². The van der Waals surface area contributed by atoms with Crippen molar-refractivity contribution in [3.63, 3.8) is 0 Å². The molecule has 4 heteroatoms. The van der Waals surface area contributed by atoms with Gasteiger partial charge in [0, 0.05) is 59.2 Å². The van der Waals surface area contributed by atoms with Crippen molar-refractivity contribution in [2.45, 2.75) is 0 Å². The second kappa shape index (κ2) is 9.31. The monoisotopic (exact) mass is 570 g/mol. The number of fused-ring (bicyclic) bond motifs is 9. The predicted molar refractivity (Wildman–Crippen MR) is 182 cm³/mol. The van der Waals surface area contributed by atoms with Crippen LogP contribution in [-0.2, 0) is 0 Å². The third-order valence-corrected chi connectivity index (χ3v) is 10.4. The number of aromatic nitrogens is 2. The van der Waals surface area contributed by atoms with Gasteiger partial charge in [0.25, 0.3) is 0 Å². The van der Waals surface area contributed by atoms with Crippen molar-refractivity contribution >= 4 is 74.5 Å². The van der Waals surface area contributed by atoms with Crippen molar-refractivity contribution in [2.75, 3.05) is 0 Å². The molecule has 0 N–H and O–H groups in total. The summed E-state index contributed by atoms with van der Waals surface area (Å²) >= 11 is 3.71. The highest BCUT2D eigenvalue weighted by atomic mass is 32.1. The van der Waals surface area contributed by atoms with Gasteiger partial charge >= 0.3 is 0 Å². The molecule has 0 amide bonds.